The summed E-state index contributed by atoms with van der Waals surface area (Å²) in [5, 5.41) is 7.36. The van der Waals surface area contributed by atoms with Gasteiger partial charge in [-0.15, -0.1) is 24.8 Å². The highest BCUT2D eigenvalue weighted by molar-refractivity contribution is 5.85. The van der Waals surface area contributed by atoms with Crippen LogP contribution in [-0.4, -0.2) is 65.1 Å². The van der Waals surface area contributed by atoms with Gasteiger partial charge in [-0.3, -0.25) is 9.69 Å². The molecule has 2 fully saturated rings. The number of hydrogen-bond donors (Lipinski definition) is 1. The summed E-state index contributed by atoms with van der Waals surface area (Å²) in [6.45, 7) is 7.69. The Kier molecular flexibility index (Phi) is 8.24. The van der Waals surface area contributed by atoms with Crippen molar-refractivity contribution in [2.75, 3.05) is 39.3 Å². The van der Waals surface area contributed by atoms with Gasteiger partial charge in [0.05, 0.1) is 12.5 Å². The van der Waals surface area contributed by atoms with Crippen molar-refractivity contribution < 1.29 is 9.32 Å². The summed E-state index contributed by atoms with van der Waals surface area (Å²) < 4.78 is 5.42. The fraction of sp³-hybridized carbons (Fsp3) is 0.526. The summed E-state index contributed by atoms with van der Waals surface area (Å²) in [5.41, 5.74) is 2.17. The lowest BCUT2D eigenvalue weighted by Gasteiger charge is -2.35. The molecule has 1 aromatic carbocycles. The van der Waals surface area contributed by atoms with E-state index in [0.717, 1.165) is 51.3 Å². The van der Waals surface area contributed by atoms with E-state index in [1.54, 1.807) is 0 Å². The Labute approximate surface area is 177 Å². The highest BCUT2D eigenvalue weighted by Gasteiger charge is 2.29. The number of halogens is 2. The first kappa shape index (κ1) is 22.6. The van der Waals surface area contributed by atoms with E-state index in [0.29, 0.717) is 24.2 Å². The molecule has 0 bridgehead atoms. The van der Waals surface area contributed by atoms with Crippen LogP contribution in [0.25, 0.3) is 11.4 Å². The summed E-state index contributed by atoms with van der Waals surface area (Å²) in [6, 6.07) is 8.10. The third-order valence-corrected chi connectivity index (χ3v) is 5.23. The highest BCUT2D eigenvalue weighted by Crippen LogP contribution is 2.18. The monoisotopic (exact) mass is 427 g/mol. The molecule has 7 nitrogen and oxygen atoms in total. The molecule has 0 saturated carbocycles. The maximum Gasteiger partial charge on any atom is 0.241 e. The number of aromatic nitrogens is 2. The molecular formula is C19H27Cl2N5O2. The van der Waals surface area contributed by atoms with Crippen LogP contribution >= 0.6 is 24.8 Å². The average Bonchev–Trinajstić information content (AvgIpc) is 3.35. The molecule has 4 rings (SSSR count). The number of piperazine rings is 1. The minimum Gasteiger partial charge on any atom is -0.340 e. The Bertz CT molecular complexity index is 754. The summed E-state index contributed by atoms with van der Waals surface area (Å²) >= 11 is 0. The van der Waals surface area contributed by atoms with Crippen molar-refractivity contribution in [3.05, 3.63) is 35.7 Å². The van der Waals surface area contributed by atoms with Gasteiger partial charge < -0.3 is 14.7 Å². The lowest BCUT2D eigenvalue weighted by atomic mass is 10.1. The quantitative estimate of drug-likeness (QED) is 0.805. The van der Waals surface area contributed by atoms with E-state index < -0.39 is 0 Å². The van der Waals surface area contributed by atoms with E-state index in [1.807, 2.05) is 29.2 Å². The summed E-state index contributed by atoms with van der Waals surface area (Å²) in [5.74, 6) is 1.71. The average molecular weight is 428 g/mol. The number of nitrogens with zero attached hydrogens (tertiary/aromatic N) is 4. The predicted octanol–water partition coefficient (Wildman–Crippen LogP) is 2.14. The van der Waals surface area contributed by atoms with Crippen LogP contribution in [0.5, 0.6) is 0 Å². The Morgan fingerprint density at radius 3 is 2.54 bits per heavy atom. The van der Waals surface area contributed by atoms with Gasteiger partial charge in [0.1, 0.15) is 0 Å². The van der Waals surface area contributed by atoms with Crippen molar-refractivity contribution in [3.63, 3.8) is 0 Å². The number of benzene rings is 1. The number of hydrogen-bond acceptors (Lipinski definition) is 6. The van der Waals surface area contributed by atoms with Crippen molar-refractivity contribution in [2.24, 2.45) is 5.92 Å². The molecule has 1 aromatic heterocycles. The molecule has 2 aliphatic rings. The zero-order chi connectivity index (χ0) is 17.9. The maximum atomic E-state index is 12.5. The first-order valence-electron chi connectivity index (χ1n) is 9.30. The van der Waals surface area contributed by atoms with Crippen LogP contribution in [0.4, 0.5) is 0 Å². The molecule has 9 heteroatoms. The van der Waals surface area contributed by atoms with Crippen LogP contribution in [0.1, 0.15) is 17.9 Å². The molecule has 28 heavy (non-hydrogen) atoms. The van der Waals surface area contributed by atoms with Crippen molar-refractivity contribution >= 4 is 30.7 Å². The normalized spacial score (nSPS) is 19.8. The second kappa shape index (κ2) is 10.2. The summed E-state index contributed by atoms with van der Waals surface area (Å²) in [4.78, 5) is 21.3. The minimum atomic E-state index is 0. The van der Waals surface area contributed by atoms with Crippen molar-refractivity contribution in [3.8, 4) is 11.4 Å². The fourth-order valence-corrected chi connectivity index (χ4v) is 3.58. The van der Waals surface area contributed by atoms with E-state index in [1.165, 1.54) is 5.56 Å². The molecule has 154 valence electrons. The van der Waals surface area contributed by atoms with Crippen LogP contribution in [0.15, 0.2) is 28.8 Å². The third-order valence-electron chi connectivity index (χ3n) is 5.23. The molecule has 1 unspecified atom stereocenters. The fourth-order valence-electron chi connectivity index (χ4n) is 3.58. The van der Waals surface area contributed by atoms with Crippen LogP contribution in [0.3, 0.4) is 0 Å². The van der Waals surface area contributed by atoms with Gasteiger partial charge in [-0.2, -0.15) is 4.98 Å². The van der Waals surface area contributed by atoms with Crippen molar-refractivity contribution in [2.45, 2.75) is 19.9 Å². The third kappa shape index (κ3) is 5.23. The molecule has 1 amide bonds. The SMILES string of the molecule is Cc1ccc(-c2noc(CN3CCN(C(=O)C4CCNC4)CC3)n2)cc1.Cl.Cl. The van der Waals surface area contributed by atoms with E-state index in [9.17, 15) is 4.79 Å². The van der Waals surface area contributed by atoms with Gasteiger partial charge in [-0.05, 0) is 19.9 Å². The first-order valence-corrected chi connectivity index (χ1v) is 9.30. The molecule has 2 saturated heterocycles. The molecule has 2 aliphatic heterocycles. The van der Waals surface area contributed by atoms with Gasteiger partial charge in [0, 0.05) is 38.3 Å². The van der Waals surface area contributed by atoms with E-state index in [-0.39, 0.29) is 30.7 Å². The standard InChI is InChI=1S/C19H25N5O2.2ClH/c1-14-2-4-15(5-3-14)18-21-17(26-22-18)13-23-8-10-24(11-9-23)19(25)16-6-7-20-12-16;;/h2-5,16,20H,6-13H2,1H3;2*1H. The molecule has 1 N–H and O–H groups in total. The Balaban J connectivity index is 0.00000140. The zero-order valence-corrected chi connectivity index (χ0v) is 17.6. The number of nitrogens with one attached hydrogen (secondary N) is 1. The van der Waals surface area contributed by atoms with Gasteiger partial charge in [-0.25, -0.2) is 0 Å². The Morgan fingerprint density at radius 1 is 1.18 bits per heavy atom. The number of aryl methyl sites for hydroxylation is 1. The van der Waals surface area contributed by atoms with Gasteiger partial charge in [0.15, 0.2) is 0 Å². The van der Waals surface area contributed by atoms with Crippen molar-refractivity contribution in [1.29, 1.82) is 0 Å². The topological polar surface area (TPSA) is 74.5 Å². The second-order valence-corrected chi connectivity index (χ2v) is 7.17. The van der Waals surface area contributed by atoms with Crippen LogP contribution in [-0.2, 0) is 11.3 Å². The van der Waals surface area contributed by atoms with Crippen LogP contribution in [0.2, 0.25) is 0 Å². The molecule has 2 aromatic rings. The molecule has 1 atom stereocenters. The highest BCUT2D eigenvalue weighted by atomic mass is 35.5. The largest absolute Gasteiger partial charge is 0.340 e. The van der Waals surface area contributed by atoms with Crippen LogP contribution in [0, 0.1) is 12.8 Å². The van der Waals surface area contributed by atoms with Crippen molar-refractivity contribution in [1.82, 2.24) is 25.3 Å². The van der Waals surface area contributed by atoms with E-state index >= 15 is 0 Å². The minimum absolute atomic E-state index is 0. The zero-order valence-electron chi connectivity index (χ0n) is 16.0. The number of carbonyl (C=O) groups is 1. The second-order valence-electron chi connectivity index (χ2n) is 7.17. The van der Waals surface area contributed by atoms with E-state index in [2.05, 4.69) is 27.3 Å². The number of rotatable bonds is 4. The van der Waals surface area contributed by atoms with Gasteiger partial charge in [0.2, 0.25) is 17.6 Å². The first-order chi connectivity index (χ1) is 12.7. The van der Waals surface area contributed by atoms with Gasteiger partial charge in [-0.1, -0.05) is 35.0 Å². The summed E-state index contributed by atoms with van der Waals surface area (Å²) in [7, 11) is 0. The number of carbonyl (C=O) groups excluding carboxylic acids is 1. The molecular weight excluding hydrogens is 401 g/mol. The molecule has 0 spiro atoms. The molecule has 0 aliphatic carbocycles. The smallest absolute Gasteiger partial charge is 0.241 e. The van der Waals surface area contributed by atoms with Gasteiger partial charge >= 0.3 is 0 Å². The molecule has 3 heterocycles. The Morgan fingerprint density at radius 2 is 1.89 bits per heavy atom. The van der Waals surface area contributed by atoms with Crippen LogP contribution < -0.4 is 5.32 Å². The van der Waals surface area contributed by atoms with E-state index in [4.69, 9.17) is 4.52 Å². The van der Waals surface area contributed by atoms with Gasteiger partial charge in [0.25, 0.3) is 0 Å². The predicted molar refractivity (Wildman–Crippen MR) is 112 cm³/mol. The lowest BCUT2D eigenvalue weighted by molar-refractivity contribution is -0.136. The lowest BCUT2D eigenvalue weighted by Crippen LogP contribution is -2.50. The summed E-state index contributed by atoms with van der Waals surface area (Å²) in [6.07, 6.45) is 0.961. The molecule has 0 radical (unpaired) electrons. The maximum absolute atomic E-state index is 12.5. The number of amides is 1. The Hall–Kier alpha value is -1.67.